The molecule has 0 aliphatic carbocycles. The van der Waals surface area contributed by atoms with E-state index in [4.69, 9.17) is 9.52 Å². The van der Waals surface area contributed by atoms with E-state index in [1.165, 1.54) is 5.56 Å². The molecule has 0 bridgehead atoms. The number of benzene rings is 1. The Kier molecular flexibility index (Phi) is 4.25. The van der Waals surface area contributed by atoms with E-state index in [0.29, 0.717) is 5.22 Å². The lowest BCUT2D eigenvalue weighted by Gasteiger charge is -1.98. The van der Waals surface area contributed by atoms with E-state index in [0.717, 1.165) is 11.3 Å². The summed E-state index contributed by atoms with van der Waals surface area (Å²) >= 11 is 1.55. The third kappa shape index (κ3) is 3.66. The largest absolute Gasteiger partial charge is 0.440 e. The van der Waals surface area contributed by atoms with Gasteiger partial charge in [-0.05, 0) is 17.7 Å². The molecule has 1 aromatic carbocycles. The number of aliphatic hydroxyl groups is 1. The maximum absolute atomic E-state index is 8.58. The first-order chi connectivity index (χ1) is 8.38. The van der Waals surface area contributed by atoms with Crippen LogP contribution in [0.15, 0.2) is 46.4 Å². The normalized spacial score (nSPS) is 9.71. The molecule has 0 radical (unpaired) electrons. The highest BCUT2D eigenvalue weighted by Crippen LogP contribution is 2.20. The van der Waals surface area contributed by atoms with Crippen molar-refractivity contribution in [3.63, 3.8) is 0 Å². The molecule has 86 valence electrons. The maximum Gasteiger partial charge on any atom is 0.255 e. The zero-order chi connectivity index (χ0) is 11.9. The molecule has 2 rings (SSSR count). The lowest BCUT2D eigenvalue weighted by molar-refractivity contribution is 0.350. The van der Waals surface area contributed by atoms with Crippen molar-refractivity contribution >= 4 is 11.8 Å². The minimum atomic E-state index is -0.109. The first kappa shape index (κ1) is 11.8. The molecule has 0 unspecified atom stereocenters. The maximum atomic E-state index is 8.58. The van der Waals surface area contributed by atoms with Crippen molar-refractivity contribution in [2.24, 2.45) is 0 Å². The number of hydrogen-bond acceptors (Lipinski definition) is 4. The number of thioether (sulfide) groups is 1. The van der Waals surface area contributed by atoms with Gasteiger partial charge < -0.3 is 9.52 Å². The average molecular weight is 245 g/mol. The first-order valence-electron chi connectivity index (χ1n) is 5.09. The Balaban J connectivity index is 1.94. The second-order valence-corrected chi connectivity index (χ2v) is 4.17. The third-order valence-electron chi connectivity index (χ3n) is 2.04. The van der Waals surface area contributed by atoms with Crippen LogP contribution in [0.5, 0.6) is 0 Å². The predicted octanol–water partition coefficient (Wildman–Crippen LogP) is 2.31. The Bertz CT molecular complexity index is 509. The van der Waals surface area contributed by atoms with Gasteiger partial charge in [-0.1, -0.05) is 35.7 Å². The first-order valence-corrected chi connectivity index (χ1v) is 6.08. The second-order valence-electron chi connectivity index (χ2n) is 3.24. The standard InChI is InChI=1S/C13H11NO2S/c15-8-1-2-11-3-5-12(6-4-11)10-17-13-14-7-9-16-13/h3-7,9,15H,8,10H2. The van der Waals surface area contributed by atoms with Gasteiger partial charge in [0.05, 0.1) is 6.20 Å². The smallest absolute Gasteiger partial charge is 0.255 e. The van der Waals surface area contributed by atoms with E-state index in [1.54, 1.807) is 24.2 Å². The van der Waals surface area contributed by atoms with Crippen LogP contribution in [0, 0.1) is 11.8 Å². The fourth-order valence-corrected chi connectivity index (χ4v) is 1.99. The highest BCUT2D eigenvalue weighted by Gasteiger charge is 1.99. The van der Waals surface area contributed by atoms with Crippen molar-refractivity contribution in [1.29, 1.82) is 0 Å². The Morgan fingerprint density at radius 1 is 1.29 bits per heavy atom. The highest BCUT2D eigenvalue weighted by molar-refractivity contribution is 7.98. The molecule has 17 heavy (non-hydrogen) atoms. The van der Waals surface area contributed by atoms with Crippen LogP contribution in [-0.4, -0.2) is 16.7 Å². The predicted molar refractivity (Wildman–Crippen MR) is 66.5 cm³/mol. The SMILES string of the molecule is OCC#Cc1ccc(CSc2ncco2)cc1. The number of rotatable bonds is 3. The molecule has 1 aromatic heterocycles. The van der Waals surface area contributed by atoms with Gasteiger partial charge in [-0.2, -0.15) is 0 Å². The molecule has 0 fully saturated rings. The van der Waals surface area contributed by atoms with Gasteiger partial charge in [-0.25, -0.2) is 4.98 Å². The summed E-state index contributed by atoms with van der Waals surface area (Å²) in [6.07, 6.45) is 3.20. The van der Waals surface area contributed by atoms with Gasteiger partial charge in [0.15, 0.2) is 0 Å². The zero-order valence-electron chi connectivity index (χ0n) is 9.09. The van der Waals surface area contributed by atoms with Crippen LogP contribution in [0.2, 0.25) is 0 Å². The fraction of sp³-hybridized carbons (Fsp3) is 0.154. The van der Waals surface area contributed by atoms with Crippen molar-refractivity contribution < 1.29 is 9.52 Å². The summed E-state index contributed by atoms with van der Waals surface area (Å²) < 4.78 is 5.13. The van der Waals surface area contributed by atoms with E-state index < -0.39 is 0 Å². The van der Waals surface area contributed by atoms with Crippen molar-refractivity contribution in [1.82, 2.24) is 4.98 Å². The highest BCUT2D eigenvalue weighted by atomic mass is 32.2. The molecule has 0 aliphatic rings. The van der Waals surface area contributed by atoms with Crippen LogP contribution in [0.4, 0.5) is 0 Å². The minimum Gasteiger partial charge on any atom is -0.440 e. The molecule has 1 N–H and O–H groups in total. The monoisotopic (exact) mass is 245 g/mol. The van der Waals surface area contributed by atoms with E-state index >= 15 is 0 Å². The zero-order valence-corrected chi connectivity index (χ0v) is 9.91. The molecule has 0 saturated heterocycles. The quantitative estimate of drug-likeness (QED) is 0.666. The van der Waals surface area contributed by atoms with Gasteiger partial charge in [0, 0.05) is 11.3 Å². The van der Waals surface area contributed by atoms with E-state index in [9.17, 15) is 0 Å². The number of oxazole rings is 1. The molecular formula is C13H11NO2S. The lowest BCUT2D eigenvalue weighted by atomic mass is 10.1. The van der Waals surface area contributed by atoms with Crippen molar-refractivity contribution in [2.75, 3.05) is 6.61 Å². The fourth-order valence-electron chi connectivity index (χ4n) is 1.25. The molecule has 0 spiro atoms. The van der Waals surface area contributed by atoms with Gasteiger partial charge in [0.25, 0.3) is 5.22 Å². The Morgan fingerprint density at radius 2 is 2.12 bits per heavy atom. The summed E-state index contributed by atoms with van der Waals surface area (Å²) in [5, 5.41) is 9.25. The van der Waals surface area contributed by atoms with Crippen molar-refractivity contribution in [3.05, 3.63) is 47.9 Å². The number of aliphatic hydroxyl groups excluding tert-OH is 1. The van der Waals surface area contributed by atoms with Gasteiger partial charge >= 0.3 is 0 Å². The molecule has 0 atom stereocenters. The Morgan fingerprint density at radius 3 is 2.76 bits per heavy atom. The third-order valence-corrected chi connectivity index (χ3v) is 2.96. The molecule has 2 aromatic rings. The number of aromatic nitrogens is 1. The summed E-state index contributed by atoms with van der Waals surface area (Å²) in [5.41, 5.74) is 2.09. The van der Waals surface area contributed by atoms with Gasteiger partial charge in [0.1, 0.15) is 12.9 Å². The average Bonchev–Trinajstić information content (AvgIpc) is 2.88. The van der Waals surface area contributed by atoms with Crippen LogP contribution in [-0.2, 0) is 5.75 Å². The van der Waals surface area contributed by atoms with Crippen molar-refractivity contribution in [3.8, 4) is 11.8 Å². The van der Waals surface area contributed by atoms with Gasteiger partial charge in [-0.3, -0.25) is 0 Å². The van der Waals surface area contributed by atoms with E-state index in [-0.39, 0.29) is 6.61 Å². The number of hydrogen-bond donors (Lipinski definition) is 1. The van der Waals surface area contributed by atoms with Crippen LogP contribution >= 0.6 is 11.8 Å². The summed E-state index contributed by atoms with van der Waals surface area (Å²) in [7, 11) is 0. The summed E-state index contributed by atoms with van der Waals surface area (Å²) in [4.78, 5) is 4.04. The minimum absolute atomic E-state index is 0.109. The Hall–Kier alpha value is -1.70. The summed E-state index contributed by atoms with van der Waals surface area (Å²) in [6, 6.07) is 7.90. The van der Waals surface area contributed by atoms with E-state index in [2.05, 4.69) is 16.8 Å². The van der Waals surface area contributed by atoms with Crippen molar-refractivity contribution in [2.45, 2.75) is 11.0 Å². The van der Waals surface area contributed by atoms with E-state index in [1.807, 2.05) is 24.3 Å². The van der Waals surface area contributed by atoms with Gasteiger partial charge in [-0.15, -0.1) is 0 Å². The topological polar surface area (TPSA) is 46.3 Å². The molecule has 1 heterocycles. The molecule has 0 saturated carbocycles. The lowest BCUT2D eigenvalue weighted by Crippen LogP contribution is -1.82. The van der Waals surface area contributed by atoms with Crippen LogP contribution in [0.1, 0.15) is 11.1 Å². The molecule has 3 nitrogen and oxygen atoms in total. The second kappa shape index (κ2) is 6.14. The Labute approximate surface area is 104 Å². The number of nitrogens with zero attached hydrogens (tertiary/aromatic N) is 1. The molecular weight excluding hydrogens is 234 g/mol. The summed E-state index contributed by atoms with van der Waals surface area (Å²) in [5.74, 6) is 6.28. The van der Waals surface area contributed by atoms with Crippen LogP contribution in [0.25, 0.3) is 0 Å². The van der Waals surface area contributed by atoms with Crippen LogP contribution < -0.4 is 0 Å². The summed E-state index contributed by atoms with van der Waals surface area (Å²) in [6.45, 7) is -0.109. The molecule has 0 aliphatic heterocycles. The van der Waals surface area contributed by atoms with Gasteiger partial charge in [0.2, 0.25) is 0 Å². The molecule has 4 heteroatoms. The molecule has 0 amide bonds. The van der Waals surface area contributed by atoms with Crippen LogP contribution in [0.3, 0.4) is 0 Å².